The summed E-state index contributed by atoms with van der Waals surface area (Å²) in [6, 6.07) is 20.2. The molecule has 2 saturated heterocycles. The van der Waals surface area contributed by atoms with Gasteiger partial charge in [0.05, 0.1) is 17.1 Å². The van der Waals surface area contributed by atoms with E-state index >= 15 is 0 Å². The Bertz CT molecular complexity index is 1410. The summed E-state index contributed by atoms with van der Waals surface area (Å²) < 4.78 is 10.9. The number of hydrogen-bond donors (Lipinski definition) is 0. The maximum Gasteiger partial charge on any atom is 0.338 e. The molecule has 0 N–H and O–H groups in total. The quantitative estimate of drug-likeness (QED) is 0.316. The van der Waals surface area contributed by atoms with Crippen LogP contribution in [0.3, 0.4) is 0 Å². The van der Waals surface area contributed by atoms with Crippen LogP contribution >= 0.6 is 11.8 Å². The second kappa shape index (κ2) is 11.6. The molecule has 5 rings (SSSR count). The Labute approximate surface area is 230 Å². The number of nitrogens with zero attached hydrogens (tertiary/aromatic N) is 3. The summed E-state index contributed by atoms with van der Waals surface area (Å²) in [4.78, 5) is 55.4. The number of carbonyl (C=O) groups excluding carboxylic acids is 4. The number of hydrogen-bond acceptors (Lipinski definition) is 8. The number of carbonyl (C=O) groups is 4. The van der Waals surface area contributed by atoms with E-state index in [0.717, 1.165) is 27.9 Å². The number of benzene rings is 2. The van der Waals surface area contributed by atoms with Gasteiger partial charge in [-0.1, -0.05) is 30.3 Å². The molecule has 2 aliphatic heterocycles. The number of anilines is 1. The Hall–Kier alpha value is -4.31. The standard InChI is InChI=1S/C29H27N3O6S/c1-2-37-28(35)21-10-8-20(9-11-21)24-13-12-23(38-24)18-25-27(34)32(29(36)39-25)19-26(33)31-16-14-30(15-17-31)22-6-4-3-5-7-22/h3-13,18H,2,14-17,19H2,1H3. The maximum atomic E-state index is 13.0. The second-order valence-electron chi connectivity index (χ2n) is 8.97. The van der Waals surface area contributed by atoms with Crippen LogP contribution in [0.2, 0.25) is 0 Å². The van der Waals surface area contributed by atoms with Crippen LogP contribution in [-0.4, -0.2) is 72.2 Å². The van der Waals surface area contributed by atoms with Crippen molar-refractivity contribution in [2.75, 3.05) is 44.2 Å². The van der Waals surface area contributed by atoms with Gasteiger partial charge in [0.1, 0.15) is 18.1 Å². The molecule has 0 unspecified atom stereocenters. The Morgan fingerprint density at radius 1 is 0.949 bits per heavy atom. The summed E-state index contributed by atoms with van der Waals surface area (Å²) in [5.41, 5.74) is 2.29. The lowest BCUT2D eigenvalue weighted by atomic mass is 10.1. The SMILES string of the molecule is CCOC(=O)c1ccc(-c2ccc(C=C3SC(=O)N(CC(=O)N4CCN(c5ccccc5)CC4)C3=O)o2)cc1. The van der Waals surface area contributed by atoms with E-state index in [4.69, 9.17) is 9.15 Å². The van der Waals surface area contributed by atoms with E-state index in [1.807, 2.05) is 30.3 Å². The van der Waals surface area contributed by atoms with Gasteiger partial charge in [-0.2, -0.15) is 0 Å². The Balaban J connectivity index is 1.19. The predicted octanol–water partition coefficient (Wildman–Crippen LogP) is 4.51. The van der Waals surface area contributed by atoms with E-state index in [1.165, 1.54) is 6.08 Å². The fraction of sp³-hybridized carbons (Fsp3) is 0.241. The molecule has 10 heteroatoms. The van der Waals surface area contributed by atoms with Crippen LogP contribution in [0.15, 0.2) is 76.1 Å². The fourth-order valence-electron chi connectivity index (χ4n) is 4.42. The van der Waals surface area contributed by atoms with Crippen molar-refractivity contribution in [3.8, 4) is 11.3 Å². The zero-order valence-corrected chi connectivity index (χ0v) is 22.2. The zero-order chi connectivity index (χ0) is 27.4. The summed E-state index contributed by atoms with van der Waals surface area (Å²) in [6.45, 7) is 4.17. The topological polar surface area (TPSA) is 100 Å². The first-order valence-electron chi connectivity index (χ1n) is 12.6. The van der Waals surface area contributed by atoms with E-state index in [1.54, 1.807) is 48.2 Å². The number of thioether (sulfide) groups is 1. The van der Waals surface area contributed by atoms with Crippen LogP contribution in [0.4, 0.5) is 10.5 Å². The first-order valence-corrected chi connectivity index (χ1v) is 13.4. The normalized spacial score (nSPS) is 16.7. The Morgan fingerprint density at radius 2 is 1.67 bits per heavy atom. The van der Waals surface area contributed by atoms with E-state index in [2.05, 4.69) is 4.90 Å². The zero-order valence-electron chi connectivity index (χ0n) is 21.4. The molecule has 39 heavy (non-hydrogen) atoms. The predicted molar refractivity (Wildman–Crippen MR) is 148 cm³/mol. The third-order valence-corrected chi connectivity index (χ3v) is 7.41. The van der Waals surface area contributed by atoms with Gasteiger partial charge in [-0.15, -0.1) is 0 Å². The Morgan fingerprint density at radius 3 is 2.36 bits per heavy atom. The molecule has 2 fully saturated rings. The van der Waals surface area contributed by atoms with Crippen molar-refractivity contribution in [1.29, 1.82) is 0 Å². The molecular weight excluding hydrogens is 518 g/mol. The fourth-order valence-corrected chi connectivity index (χ4v) is 5.24. The summed E-state index contributed by atoms with van der Waals surface area (Å²) in [7, 11) is 0. The minimum absolute atomic E-state index is 0.195. The highest BCUT2D eigenvalue weighted by atomic mass is 32.2. The molecule has 3 aromatic rings. The van der Waals surface area contributed by atoms with Crippen molar-refractivity contribution in [1.82, 2.24) is 9.80 Å². The molecular formula is C29H27N3O6S. The summed E-state index contributed by atoms with van der Waals surface area (Å²) in [6.07, 6.45) is 1.50. The van der Waals surface area contributed by atoms with Crippen molar-refractivity contribution in [2.45, 2.75) is 6.92 Å². The number of piperazine rings is 1. The average Bonchev–Trinajstić information content (AvgIpc) is 3.54. The lowest BCUT2D eigenvalue weighted by Crippen LogP contribution is -2.51. The van der Waals surface area contributed by atoms with E-state index < -0.39 is 17.1 Å². The molecule has 3 heterocycles. The van der Waals surface area contributed by atoms with Gasteiger partial charge in [-0.25, -0.2) is 4.79 Å². The molecule has 200 valence electrons. The second-order valence-corrected chi connectivity index (χ2v) is 9.96. The van der Waals surface area contributed by atoms with Gasteiger partial charge in [0.25, 0.3) is 11.1 Å². The number of para-hydroxylation sites is 1. The Kier molecular flexibility index (Phi) is 7.83. The molecule has 0 aliphatic carbocycles. The molecule has 3 amide bonds. The van der Waals surface area contributed by atoms with Gasteiger partial charge in [0, 0.05) is 43.5 Å². The van der Waals surface area contributed by atoms with Crippen LogP contribution in [0.25, 0.3) is 17.4 Å². The molecule has 0 atom stereocenters. The summed E-state index contributed by atoms with van der Waals surface area (Å²) >= 11 is 0.786. The molecule has 1 aromatic heterocycles. The van der Waals surface area contributed by atoms with Gasteiger partial charge in [-0.3, -0.25) is 19.3 Å². The van der Waals surface area contributed by atoms with Gasteiger partial charge < -0.3 is 19.0 Å². The largest absolute Gasteiger partial charge is 0.462 e. The van der Waals surface area contributed by atoms with Crippen LogP contribution < -0.4 is 4.90 Å². The number of amides is 3. The lowest BCUT2D eigenvalue weighted by Gasteiger charge is -2.36. The molecule has 0 radical (unpaired) electrons. The first kappa shape index (κ1) is 26.3. The number of furan rings is 1. The minimum Gasteiger partial charge on any atom is -0.462 e. The van der Waals surface area contributed by atoms with Gasteiger partial charge in [-0.05, 0) is 55.1 Å². The van der Waals surface area contributed by atoms with E-state index in [0.29, 0.717) is 49.9 Å². The summed E-state index contributed by atoms with van der Waals surface area (Å²) in [5.74, 6) is -0.224. The highest BCUT2D eigenvalue weighted by Gasteiger charge is 2.37. The average molecular weight is 546 g/mol. The van der Waals surface area contributed by atoms with Gasteiger partial charge in [0.15, 0.2) is 0 Å². The third kappa shape index (κ3) is 5.91. The highest BCUT2D eigenvalue weighted by molar-refractivity contribution is 8.18. The van der Waals surface area contributed by atoms with Crippen LogP contribution in [-0.2, 0) is 14.3 Å². The number of esters is 1. The number of rotatable bonds is 7. The van der Waals surface area contributed by atoms with Crippen LogP contribution in [0, 0.1) is 0 Å². The van der Waals surface area contributed by atoms with Crippen molar-refractivity contribution in [2.24, 2.45) is 0 Å². The first-order chi connectivity index (χ1) is 18.9. The molecule has 0 bridgehead atoms. The van der Waals surface area contributed by atoms with Crippen LogP contribution in [0.1, 0.15) is 23.0 Å². The smallest absolute Gasteiger partial charge is 0.338 e. The molecule has 0 saturated carbocycles. The maximum absolute atomic E-state index is 13.0. The van der Waals surface area contributed by atoms with Crippen LogP contribution in [0.5, 0.6) is 0 Å². The third-order valence-electron chi connectivity index (χ3n) is 6.50. The van der Waals surface area contributed by atoms with Crippen molar-refractivity contribution < 1.29 is 28.3 Å². The molecule has 2 aliphatic rings. The van der Waals surface area contributed by atoms with E-state index in [9.17, 15) is 19.2 Å². The monoisotopic (exact) mass is 545 g/mol. The van der Waals surface area contributed by atoms with Crippen molar-refractivity contribution in [3.05, 3.63) is 83.0 Å². The van der Waals surface area contributed by atoms with Crippen molar-refractivity contribution >= 4 is 46.5 Å². The summed E-state index contributed by atoms with van der Waals surface area (Å²) in [5, 5.41) is -0.483. The van der Waals surface area contributed by atoms with Gasteiger partial charge in [0.2, 0.25) is 5.91 Å². The number of imide groups is 1. The molecule has 9 nitrogen and oxygen atoms in total. The van der Waals surface area contributed by atoms with Gasteiger partial charge >= 0.3 is 5.97 Å². The minimum atomic E-state index is -0.516. The number of ether oxygens (including phenoxy) is 1. The highest BCUT2D eigenvalue weighted by Crippen LogP contribution is 2.33. The van der Waals surface area contributed by atoms with E-state index in [-0.39, 0.29) is 17.4 Å². The molecule has 0 spiro atoms. The van der Waals surface area contributed by atoms with Crippen molar-refractivity contribution in [3.63, 3.8) is 0 Å². The lowest BCUT2D eigenvalue weighted by molar-refractivity contribution is -0.136. The molecule has 2 aromatic carbocycles.